The molecule has 7 heterocycles. The molecule has 12 nitrogen and oxygen atoms in total. The van der Waals surface area contributed by atoms with E-state index >= 15 is 0 Å². The smallest absolute Gasteiger partial charge is 0.227 e. The standard InChI is InChI=1S/C27H35ClFN7.C20H27N5.C2H6/c1-17(2)36-19(4)20(9-8-18(3)30-5)13-21-14-23(15-31-26(21)36)33-25-24(28)16-32-27(34-25)35-11-6-7-22(29)10-12-35;1-14-5-7-17(15(2)21-14)20-18-8-6-16(13-19(18)24(4)22-20)25-11-9-23(3)10-12-25;1-2/h13-17,22,30H,3-4,6-12H2,1-2,5H3,(H,32,33,34);6,8,13,17,21H,1-2,5,7,9-12H2,3-4H3;1-2H3. The van der Waals surface area contributed by atoms with Crippen LogP contribution < -0.4 is 30.7 Å². The van der Waals surface area contributed by atoms with Crippen LogP contribution >= 0.6 is 11.6 Å². The molecule has 0 bridgehead atoms. The van der Waals surface area contributed by atoms with E-state index in [4.69, 9.17) is 21.7 Å². The van der Waals surface area contributed by atoms with Gasteiger partial charge in [-0.1, -0.05) is 51.8 Å². The molecule has 4 aromatic rings. The van der Waals surface area contributed by atoms with Crippen molar-refractivity contribution in [2.75, 3.05) is 73.4 Å². The second kappa shape index (κ2) is 21.3. The number of fused-ring (bicyclic) bond motifs is 2. The number of piperidine rings is 1. The first kappa shape index (κ1) is 47.1. The van der Waals surface area contributed by atoms with E-state index in [2.05, 4.69) is 118 Å². The van der Waals surface area contributed by atoms with Crippen molar-refractivity contribution in [1.29, 1.82) is 0 Å². The summed E-state index contributed by atoms with van der Waals surface area (Å²) in [6.07, 6.45) is 10.2. The van der Waals surface area contributed by atoms with Gasteiger partial charge in [0.25, 0.3) is 0 Å². The van der Waals surface area contributed by atoms with E-state index < -0.39 is 6.17 Å². The summed E-state index contributed by atoms with van der Waals surface area (Å²) in [6.45, 7) is 30.6. The van der Waals surface area contributed by atoms with E-state index in [1.807, 2.05) is 37.5 Å². The fourth-order valence-electron chi connectivity index (χ4n) is 8.54. The highest BCUT2D eigenvalue weighted by atomic mass is 35.5. The van der Waals surface area contributed by atoms with Crippen LogP contribution in [0.2, 0.25) is 5.02 Å². The predicted octanol–water partition coefficient (Wildman–Crippen LogP) is 10.1. The van der Waals surface area contributed by atoms with Gasteiger partial charge in [-0.2, -0.15) is 10.1 Å². The summed E-state index contributed by atoms with van der Waals surface area (Å²) in [5, 5.41) is 16.2. The van der Waals surface area contributed by atoms with Crippen molar-refractivity contribution in [3.05, 3.63) is 108 Å². The molecule has 63 heavy (non-hydrogen) atoms. The number of allylic oxidation sites excluding steroid dienone is 4. The summed E-state index contributed by atoms with van der Waals surface area (Å²) < 4.78 is 15.8. The minimum atomic E-state index is -0.766. The summed E-state index contributed by atoms with van der Waals surface area (Å²) >= 11 is 6.44. The molecule has 14 heteroatoms. The zero-order valence-electron chi connectivity index (χ0n) is 38.6. The van der Waals surface area contributed by atoms with E-state index in [0.29, 0.717) is 36.2 Å². The van der Waals surface area contributed by atoms with Gasteiger partial charge >= 0.3 is 0 Å². The Kier molecular flexibility index (Phi) is 15.9. The predicted molar refractivity (Wildman–Crippen MR) is 263 cm³/mol. The van der Waals surface area contributed by atoms with Gasteiger partial charge in [0.2, 0.25) is 5.95 Å². The third-order valence-electron chi connectivity index (χ3n) is 12.2. The van der Waals surface area contributed by atoms with Crippen molar-refractivity contribution in [3.63, 3.8) is 0 Å². The van der Waals surface area contributed by atoms with Gasteiger partial charge < -0.3 is 35.6 Å². The maximum absolute atomic E-state index is 13.8. The second-order valence-corrected chi connectivity index (χ2v) is 17.3. The van der Waals surface area contributed by atoms with Gasteiger partial charge in [-0.05, 0) is 102 Å². The molecular formula is C49H68ClFN12. The Morgan fingerprint density at radius 3 is 2.44 bits per heavy atom. The van der Waals surface area contributed by atoms with Crippen molar-refractivity contribution in [2.24, 2.45) is 7.05 Å². The lowest BCUT2D eigenvalue weighted by molar-refractivity contribution is 0.307. The van der Waals surface area contributed by atoms with Gasteiger partial charge in [0.05, 0.1) is 29.3 Å². The molecule has 0 radical (unpaired) electrons. The van der Waals surface area contributed by atoms with E-state index in [1.165, 1.54) is 16.6 Å². The zero-order chi connectivity index (χ0) is 45.4. The number of nitrogens with zero attached hydrogens (tertiary/aromatic N) is 9. The van der Waals surface area contributed by atoms with Crippen molar-refractivity contribution in [2.45, 2.75) is 90.8 Å². The maximum atomic E-state index is 13.8. The van der Waals surface area contributed by atoms with E-state index in [1.54, 1.807) is 12.4 Å². The van der Waals surface area contributed by atoms with Crippen molar-refractivity contribution < 1.29 is 4.39 Å². The molecule has 0 amide bonds. The molecule has 3 aromatic heterocycles. The molecule has 0 saturated carbocycles. The Labute approximate surface area is 379 Å². The van der Waals surface area contributed by atoms with E-state index in [9.17, 15) is 4.39 Å². The molecule has 8 rings (SSSR count). The van der Waals surface area contributed by atoms with Crippen LogP contribution in [0.3, 0.4) is 0 Å². The number of anilines is 5. The third kappa shape index (κ3) is 11.2. The van der Waals surface area contributed by atoms with Crippen LogP contribution in [0.25, 0.3) is 17.0 Å². The first-order chi connectivity index (χ1) is 30.3. The van der Waals surface area contributed by atoms with E-state index in [-0.39, 0.29) is 12.0 Å². The summed E-state index contributed by atoms with van der Waals surface area (Å²) in [7, 11) is 6.11. The minimum Gasteiger partial charge on any atom is -0.392 e. The normalized spacial score (nSPS) is 19.3. The third-order valence-corrected chi connectivity index (χ3v) is 12.4. The molecule has 3 saturated heterocycles. The number of halogens is 2. The number of hydrogen-bond acceptors (Lipinski definition) is 11. The minimum absolute atomic E-state index is 0.204. The van der Waals surface area contributed by atoms with Crippen LogP contribution in [-0.2, 0) is 7.05 Å². The molecular weight excluding hydrogens is 811 g/mol. The number of hydrogen-bond donors (Lipinski definition) is 3. The highest BCUT2D eigenvalue weighted by molar-refractivity contribution is 6.32. The number of aryl methyl sites for hydroxylation is 1. The molecule has 2 unspecified atom stereocenters. The van der Waals surface area contributed by atoms with Crippen LogP contribution in [0, 0.1) is 0 Å². The Hall–Kier alpha value is -5.40. The monoisotopic (exact) mass is 879 g/mol. The number of rotatable bonds is 10. The Bertz CT molecular complexity index is 2310. The molecule has 4 aliphatic heterocycles. The first-order valence-corrected chi connectivity index (χ1v) is 22.9. The van der Waals surface area contributed by atoms with Gasteiger partial charge in [-0.15, -0.1) is 0 Å². The number of pyridine rings is 1. The van der Waals surface area contributed by atoms with Crippen LogP contribution in [0.1, 0.15) is 89.8 Å². The fourth-order valence-corrected chi connectivity index (χ4v) is 8.68. The number of benzene rings is 1. The molecule has 0 spiro atoms. The highest BCUT2D eigenvalue weighted by Crippen LogP contribution is 2.39. The fraction of sp³-hybridized carbons (Fsp3) is 0.469. The Balaban J connectivity index is 0.000000213. The van der Waals surface area contributed by atoms with E-state index in [0.717, 1.165) is 116 Å². The summed E-state index contributed by atoms with van der Waals surface area (Å²) in [6, 6.07) is 9.03. The van der Waals surface area contributed by atoms with Crippen LogP contribution in [-0.4, -0.2) is 95.2 Å². The van der Waals surface area contributed by atoms with Gasteiger partial charge in [-0.3, -0.25) is 4.68 Å². The van der Waals surface area contributed by atoms with Gasteiger partial charge in [0.15, 0.2) is 5.82 Å². The van der Waals surface area contributed by atoms with Gasteiger partial charge in [-0.25, -0.2) is 14.4 Å². The van der Waals surface area contributed by atoms with Crippen LogP contribution in [0.4, 0.5) is 33.3 Å². The average Bonchev–Trinajstić information content (AvgIpc) is 3.43. The molecule has 0 aliphatic carbocycles. The number of aromatic nitrogens is 5. The molecule has 338 valence electrons. The zero-order valence-corrected chi connectivity index (χ0v) is 39.3. The highest BCUT2D eigenvalue weighted by Gasteiger charge is 2.28. The Morgan fingerprint density at radius 1 is 0.968 bits per heavy atom. The number of alkyl halides is 1. The molecule has 1 aromatic carbocycles. The topological polar surface area (TPSA) is 106 Å². The second-order valence-electron chi connectivity index (χ2n) is 16.9. The van der Waals surface area contributed by atoms with Gasteiger partial charge in [0, 0.05) is 105 Å². The first-order valence-electron chi connectivity index (χ1n) is 22.6. The number of likely N-dealkylation sites (N-methyl/N-ethyl adjacent to an activating group) is 1. The molecule has 2 atom stereocenters. The maximum Gasteiger partial charge on any atom is 0.227 e. The summed E-state index contributed by atoms with van der Waals surface area (Å²) in [5.74, 6) is 2.18. The quantitative estimate of drug-likeness (QED) is 0.142. The van der Waals surface area contributed by atoms with Crippen molar-refractivity contribution >= 4 is 57.5 Å². The lowest BCUT2D eigenvalue weighted by Crippen LogP contribution is -2.44. The van der Waals surface area contributed by atoms with Crippen LogP contribution in [0.5, 0.6) is 0 Å². The molecule has 3 N–H and O–H groups in total. The average molecular weight is 880 g/mol. The van der Waals surface area contributed by atoms with Crippen molar-refractivity contribution in [1.82, 2.24) is 40.3 Å². The summed E-state index contributed by atoms with van der Waals surface area (Å²) in [5.41, 5.74) is 10.6. The lowest BCUT2D eigenvalue weighted by Gasteiger charge is -2.35. The SMILES string of the molecule is C=C(CCC1=Cc2cc(Nc3nc(N4CCCC(F)CC4)ncc3Cl)cnc2N(C(C)C)C1=C)NC.C=C1CCC(c2nn(C)c3cc(N4CCN(C)CC4)ccc23)C(=C)N1.CC. The largest absolute Gasteiger partial charge is 0.392 e. The Morgan fingerprint density at radius 2 is 1.73 bits per heavy atom. The number of nitrogens with one attached hydrogen (secondary N) is 3. The molecule has 4 aliphatic rings. The summed E-state index contributed by atoms with van der Waals surface area (Å²) in [4.78, 5) is 22.9. The number of piperazine rings is 1. The van der Waals surface area contributed by atoms with Crippen molar-refractivity contribution in [3.8, 4) is 0 Å². The van der Waals surface area contributed by atoms with Gasteiger partial charge in [0.1, 0.15) is 17.0 Å². The van der Waals surface area contributed by atoms with Crippen LogP contribution in [0.15, 0.2) is 91.3 Å². The molecule has 3 fully saturated rings. The lowest BCUT2D eigenvalue weighted by atomic mass is 9.90.